The molecule has 0 atom stereocenters. The highest BCUT2D eigenvalue weighted by Crippen LogP contribution is 2.38. The van der Waals surface area contributed by atoms with Gasteiger partial charge in [-0.15, -0.1) is 0 Å². The summed E-state index contributed by atoms with van der Waals surface area (Å²) in [5.41, 5.74) is 11.6. The Morgan fingerprint density at radius 3 is 2.74 bits per heavy atom. The van der Waals surface area contributed by atoms with Gasteiger partial charge in [-0.2, -0.15) is 20.2 Å². The topological polar surface area (TPSA) is 136 Å². The second-order valence-corrected chi connectivity index (χ2v) is 9.05. The molecule has 5 aromatic rings. The number of nitrogens with one attached hydrogen (secondary N) is 2. The van der Waals surface area contributed by atoms with Crippen molar-refractivity contribution in [2.45, 2.75) is 33.4 Å². The highest BCUT2D eigenvalue weighted by Gasteiger charge is 2.20. The summed E-state index contributed by atoms with van der Waals surface area (Å²) in [4.78, 5) is 23.0. The molecule has 35 heavy (non-hydrogen) atoms. The van der Waals surface area contributed by atoms with Gasteiger partial charge in [-0.3, -0.25) is 14.6 Å². The molecule has 11 nitrogen and oxygen atoms in total. The van der Waals surface area contributed by atoms with Crippen LogP contribution < -0.4 is 11.1 Å². The second-order valence-electron chi connectivity index (χ2n) is 9.05. The first-order chi connectivity index (χ1) is 16.7. The van der Waals surface area contributed by atoms with E-state index in [1.54, 1.807) is 25.0 Å². The average molecular weight is 473 g/mol. The van der Waals surface area contributed by atoms with E-state index in [1.807, 2.05) is 25.3 Å². The molecule has 0 saturated heterocycles. The molecule has 1 aromatic carbocycles. The number of amides is 1. The highest BCUT2D eigenvalue weighted by molar-refractivity contribution is 6.07. The molecular weight excluding hydrogens is 444 g/mol. The number of carbonyl (C=O) groups is 1. The quantitative estimate of drug-likeness (QED) is 0.344. The molecule has 180 valence electrons. The number of aromatic nitrogens is 7. The van der Waals surface area contributed by atoms with Crippen LogP contribution in [0.15, 0.2) is 36.8 Å². The standard InChI is InChI=1S/C24H28N10O/c1-13(2)34-10-17(15-7-6-8-18-16(15)9-26-30-18)21-22(25)28-24(29-23(21)34)27-19-11-33(31-14(19)3)12-20(35)32(4)5/h6-11,13H,12H2,1-5H3,(H,26,30)(H3,25,27,28,29). The number of hydrogen-bond donors (Lipinski definition) is 3. The summed E-state index contributed by atoms with van der Waals surface area (Å²) in [6.07, 6.45) is 5.66. The fraction of sp³-hybridized carbons (Fsp3) is 0.292. The van der Waals surface area contributed by atoms with Crippen molar-refractivity contribution in [3.8, 4) is 11.1 Å². The second kappa shape index (κ2) is 8.42. The number of anilines is 3. The van der Waals surface area contributed by atoms with Gasteiger partial charge in [-0.05, 0) is 32.4 Å². The van der Waals surface area contributed by atoms with Gasteiger partial charge in [-0.25, -0.2) is 0 Å². The van der Waals surface area contributed by atoms with Crippen LogP contribution >= 0.6 is 0 Å². The lowest BCUT2D eigenvalue weighted by Crippen LogP contribution is -2.26. The Bertz CT molecular complexity index is 1560. The zero-order valence-corrected chi connectivity index (χ0v) is 20.4. The number of benzene rings is 1. The van der Waals surface area contributed by atoms with Crippen molar-refractivity contribution in [2.75, 3.05) is 25.1 Å². The van der Waals surface area contributed by atoms with E-state index in [0.717, 1.165) is 38.8 Å². The molecule has 0 aliphatic rings. The molecule has 1 amide bonds. The zero-order valence-electron chi connectivity index (χ0n) is 20.4. The van der Waals surface area contributed by atoms with Crippen molar-refractivity contribution in [3.05, 3.63) is 42.5 Å². The summed E-state index contributed by atoms with van der Waals surface area (Å²) in [5, 5.41) is 16.7. The molecule has 11 heteroatoms. The summed E-state index contributed by atoms with van der Waals surface area (Å²) < 4.78 is 3.70. The van der Waals surface area contributed by atoms with Crippen molar-refractivity contribution in [3.63, 3.8) is 0 Å². The summed E-state index contributed by atoms with van der Waals surface area (Å²) in [5.74, 6) is 0.695. The molecule has 0 saturated carbocycles. The number of aromatic amines is 1. The molecule has 0 fully saturated rings. The number of nitrogen functional groups attached to an aromatic ring is 1. The Labute approximate surface area is 202 Å². The summed E-state index contributed by atoms with van der Waals surface area (Å²) in [6.45, 7) is 6.21. The van der Waals surface area contributed by atoms with Crippen LogP contribution in [0.25, 0.3) is 33.1 Å². The first-order valence-electron chi connectivity index (χ1n) is 11.3. The van der Waals surface area contributed by atoms with Gasteiger partial charge in [0.15, 0.2) is 0 Å². The van der Waals surface area contributed by atoms with Crippen molar-refractivity contribution >= 4 is 45.3 Å². The molecule has 0 aliphatic carbocycles. The van der Waals surface area contributed by atoms with Crippen molar-refractivity contribution < 1.29 is 4.79 Å². The van der Waals surface area contributed by atoms with E-state index in [0.29, 0.717) is 17.5 Å². The number of likely N-dealkylation sites (N-methyl/N-ethyl adjacent to an activating group) is 1. The Hall–Kier alpha value is -4.41. The monoisotopic (exact) mass is 472 g/mol. The number of carbonyl (C=O) groups excluding carboxylic acids is 1. The minimum absolute atomic E-state index is 0.0455. The van der Waals surface area contributed by atoms with Crippen LogP contribution in [0.4, 0.5) is 17.5 Å². The normalized spacial score (nSPS) is 11.6. The largest absolute Gasteiger partial charge is 0.383 e. The fourth-order valence-electron chi connectivity index (χ4n) is 4.15. The molecular formula is C24H28N10O. The predicted octanol–water partition coefficient (Wildman–Crippen LogP) is 3.47. The maximum atomic E-state index is 12.1. The number of nitrogens with two attached hydrogens (primary N) is 1. The molecule has 4 heterocycles. The molecule has 0 radical (unpaired) electrons. The molecule has 4 N–H and O–H groups in total. The van der Waals surface area contributed by atoms with Gasteiger partial charge in [0.1, 0.15) is 18.0 Å². The van der Waals surface area contributed by atoms with Crippen LogP contribution in [0.3, 0.4) is 0 Å². The van der Waals surface area contributed by atoms with Gasteiger partial charge in [0.05, 0.1) is 28.5 Å². The van der Waals surface area contributed by atoms with Crippen LogP contribution in [0, 0.1) is 6.92 Å². The molecule has 0 spiro atoms. The average Bonchev–Trinajstić information content (AvgIpc) is 3.51. The lowest BCUT2D eigenvalue weighted by Gasteiger charge is -2.10. The van der Waals surface area contributed by atoms with E-state index < -0.39 is 0 Å². The van der Waals surface area contributed by atoms with E-state index >= 15 is 0 Å². The first kappa shape index (κ1) is 22.4. The molecule has 5 rings (SSSR count). The summed E-state index contributed by atoms with van der Waals surface area (Å²) in [6, 6.07) is 6.18. The highest BCUT2D eigenvalue weighted by atomic mass is 16.2. The zero-order chi connectivity index (χ0) is 24.9. The third-order valence-corrected chi connectivity index (χ3v) is 6.02. The molecule has 4 aromatic heterocycles. The minimum Gasteiger partial charge on any atom is -0.383 e. The van der Waals surface area contributed by atoms with Crippen LogP contribution in [0.1, 0.15) is 25.6 Å². The summed E-state index contributed by atoms with van der Waals surface area (Å²) in [7, 11) is 3.43. The fourth-order valence-corrected chi connectivity index (χ4v) is 4.15. The Balaban J connectivity index is 1.58. The van der Waals surface area contributed by atoms with E-state index in [2.05, 4.69) is 56.3 Å². The summed E-state index contributed by atoms with van der Waals surface area (Å²) >= 11 is 0. The van der Waals surface area contributed by atoms with E-state index in [9.17, 15) is 4.79 Å². The molecule has 0 aliphatic heterocycles. The lowest BCUT2D eigenvalue weighted by molar-refractivity contribution is -0.129. The van der Waals surface area contributed by atoms with Gasteiger partial charge >= 0.3 is 0 Å². The number of fused-ring (bicyclic) bond motifs is 2. The Morgan fingerprint density at radius 1 is 1.20 bits per heavy atom. The SMILES string of the molecule is Cc1nn(CC(=O)N(C)C)cc1Nc1nc(N)c2c(-c3cccc4[nH]ncc34)cn(C(C)C)c2n1. The van der Waals surface area contributed by atoms with Gasteiger partial charge in [0, 0.05) is 43.5 Å². The van der Waals surface area contributed by atoms with Crippen LogP contribution in [-0.2, 0) is 11.3 Å². The van der Waals surface area contributed by atoms with Crippen LogP contribution in [-0.4, -0.2) is 59.4 Å². The number of H-pyrrole nitrogens is 1. The van der Waals surface area contributed by atoms with Crippen LogP contribution in [0.2, 0.25) is 0 Å². The van der Waals surface area contributed by atoms with Crippen molar-refractivity contribution in [2.24, 2.45) is 0 Å². The van der Waals surface area contributed by atoms with Crippen molar-refractivity contribution in [1.29, 1.82) is 0 Å². The molecule has 0 unspecified atom stereocenters. The van der Waals surface area contributed by atoms with Gasteiger partial charge in [0.2, 0.25) is 11.9 Å². The van der Waals surface area contributed by atoms with Crippen LogP contribution in [0.5, 0.6) is 0 Å². The van der Waals surface area contributed by atoms with E-state index in [4.69, 9.17) is 10.7 Å². The maximum absolute atomic E-state index is 12.1. The number of nitrogens with zero attached hydrogens (tertiary/aromatic N) is 7. The smallest absolute Gasteiger partial charge is 0.243 e. The predicted molar refractivity (Wildman–Crippen MR) is 136 cm³/mol. The minimum atomic E-state index is -0.0455. The van der Waals surface area contributed by atoms with Gasteiger partial charge in [-0.1, -0.05) is 12.1 Å². The number of aryl methyl sites for hydroxylation is 1. The Morgan fingerprint density at radius 2 is 2.00 bits per heavy atom. The lowest BCUT2D eigenvalue weighted by atomic mass is 10.0. The third kappa shape index (κ3) is 3.94. The molecule has 0 bridgehead atoms. The van der Waals surface area contributed by atoms with E-state index in [1.165, 1.54) is 4.90 Å². The number of hydrogen-bond acceptors (Lipinski definition) is 7. The van der Waals surface area contributed by atoms with E-state index in [-0.39, 0.29) is 18.5 Å². The number of rotatable bonds is 6. The Kier molecular flexibility index (Phi) is 5.39. The van der Waals surface area contributed by atoms with Crippen molar-refractivity contribution in [1.82, 2.24) is 39.4 Å². The first-order valence-corrected chi connectivity index (χ1v) is 11.3. The van der Waals surface area contributed by atoms with Gasteiger partial charge in [0.25, 0.3) is 0 Å². The maximum Gasteiger partial charge on any atom is 0.243 e. The van der Waals surface area contributed by atoms with Gasteiger partial charge < -0.3 is 20.5 Å². The third-order valence-electron chi connectivity index (χ3n) is 6.02.